The van der Waals surface area contributed by atoms with E-state index in [1.807, 2.05) is 65.6 Å². The van der Waals surface area contributed by atoms with Gasteiger partial charge in [-0.25, -0.2) is 4.79 Å². The van der Waals surface area contributed by atoms with Crippen molar-refractivity contribution in [1.29, 1.82) is 0 Å². The Bertz CT molecular complexity index is 993. The zero-order chi connectivity index (χ0) is 20.1. The van der Waals surface area contributed by atoms with Gasteiger partial charge >= 0.3 is 6.09 Å². The zero-order valence-corrected chi connectivity index (χ0v) is 16.3. The van der Waals surface area contributed by atoms with Crippen LogP contribution in [-0.4, -0.2) is 35.3 Å². The minimum atomic E-state index is -0.267. The first kappa shape index (κ1) is 19.3. The fourth-order valence-corrected chi connectivity index (χ4v) is 3.95. The fraction of sp³-hybridized carbons (Fsp3) is 0.292. The lowest BCUT2D eigenvalue weighted by molar-refractivity contribution is 0.0921. The van der Waals surface area contributed by atoms with Crippen molar-refractivity contribution < 1.29 is 19.1 Å². The largest absolute Gasteiger partial charge is 0.456 e. The minimum Gasteiger partial charge on any atom is -0.456 e. The summed E-state index contributed by atoms with van der Waals surface area (Å²) in [5.74, 6) is 0.741. The average molecular weight is 391 g/mol. The molecule has 4 rings (SSSR count). The minimum absolute atomic E-state index is 0.0438. The van der Waals surface area contributed by atoms with Crippen LogP contribution in [0.3, 0.4) is 0 Å². The van der Waals surface area contributed by atoms with Crippen molar-refractivity contribution in [2.24, 2.45) is 0 Å². The summed E-state index contributed by atoms with van der Waals surface area (Å²) in [6.07, 6.45) is 5.80. The van der Waals surface area contributed by atoms with Crippen molar-refractivity contribution in [3.8, 4) is 0 Å². The Morgan fingerprint density at radius 2 is 1.97 bits per heavy atom. The van der Waals surface area contributed by atoms with Gasteiger partial charge in [0.05, 0.1) is 6.61 Å². The first-order chi connectivity index (χ1) is 14.3. The number of furan rings is 1. The summed E-state index contributed by atoms with van der Waals surface area (Å²) >= 11 is 0. The van der Waals surface area contributed by atoms with Crippen LogP contribution in [0.5, 0.6) is 0 Å². The van der Waals surface area contributed by atoms with Crippen LogP contribution in [0.1, 0.15) is 29.7 Å². The first-order valence-corrected chi connectivity index (χ1v) is 10.0. The summed E-state index contributed by atoms with van der Waals surface area (Å²) in [6.45, 7) is 0.940. The van der Waals surface area contributed by atoms with Crippen LogP contribution < -0.4 is 0 Å². The molecular formula is C24H25NO4. The van der Waals surface area contributed by atoms with Crippen molar-refractivity contribution in [3.05, 3.63) is 77.6 Å². The van der Waals surface area contributed by atoms with E-state index in [4.69, 9.17) is 14.3 Å². The third kappa shape index (κ3) is 4.35. The molecule has 150 valence electrons. The SMILES string of the molecule is O=C(OCc1ccccc1)N1CCCC1Cc1c(/C=C/CO)oc2ccccc12. The van der Waals surface area contributed by atoms with Gasteiger partial charge in [-0.05, 0) is 37.0 Å². The van der Waals surface area contributed by atoms with Gasteiger partial charge in [-0.3, -0.25) is 0 Å². The number of carbonyl (C=O) groups excluding carboxylic acids is 1. The van der Waals surface area contributed by atoms with Crippen LogP contribution in [0.25, 0.3) is 17.0 Å². The number of likely N-dealkylation sites (tertiary alicyclic amines) is 1. The molecule has 1 amide bonds. The van der Waals surface area contributed by atoms with E-state index in [-0.39, 0.29) is 25.3 Å². The van der Waals surface area contributed by atoms with Crippen LogP contribution >= 0.6 is 0 Å². The predicted octanol–water partition coefficient (Wildman–Crippen LogP) is 4.78. The van der Waals surface area contributed by atoms with Crippen molar-refractivity contribution in [3.63, 3.8) is 0 Å². The molecule has 1 fully saturated rings. The van der Waals surface area contributed by atoms with E-state index in [1.165, 1.54) is 0 Å². The van der Waals surface area contributed by atoms with Crippen molar-refractivity contribution in [2.45, 2.75) is 31.9 Å². The second-order valence-corrected chi connectivity index (χ2v) is 7.26. The van der Waals surface area contributed by atoms with Crippen LogP contribution in [0.15, 0.2) is 65.1 Å². The molecule has 0 bridgehead atoms. The topological polar surface area (TPSA) is 62.9 Å². The molecule has 1 aromatic heterocycles. The second-order valence-electron chi connectivity index (χ2n) is 7.26. The van der Waals surface area contributed by atoms with Gasteiger partial charge in [-0.1, -0.05) is 54.6 Å². The number of fused-ring (bicyclic) bond motifs is 1. The summed E-state index contributed by atoms with van der Waals surface area (Å²) in [7, 11) is 0. The Morgan fingerprint density at radius 1 is 1.17 bits per heavy atom. The molecule has 29 heavy (non-hydrogen) atoms. The lowest BCUT2D eigenvalue weighted by atomic mass is 10.0. The normalized spacial score (nSPS) is 16.7. The molecule has 1 aliphatic heterocycles. The molecule has 0 saturated carbocycles. The quantitative estimate of drug-likeness (QED) is 0.657. The molecular weight excluding hydrogens is 366 g/mol. The van der Waals surface area contributed by atoms with E-state index in [1.54, 1.807) is 6.08 Å². The zero-order valence-electron chi connectivity index (χ0n) is 16.3. The molecule has 1 N–H and O–H groups in total. The average Bonchev–Trinajstić information content (AvgIpc) is 3.36. The second kappa shape index (κ2) is 8.97. The number of benzene rings is 2. The van der Waals surface area contributed by atoms with Crippen LogP contribution in [0, 0.1) is 0 Å². The van der Waals surface area contributed by atoms with Gasteiger partial charge in [0, 0.05) is 23.5 Å². The third-order valence-electron chi connectivity index (χ3n) is 5.36. The van der Waals surface area contributed by atoms with Gasteiger partial charge in [0.1, 0.15) is 18.0 Å². The summed E-state index contributed by atoms with van der Waals surface area (Å²) < 4.78 is 11.5. The standard InChI is InChI=1S/C24H25NO4/c26-15-7-13-23-21(20-11-4-5-12-22(20)29-23)16-19-10-6-14-25(19)24(27)28-17-18-8-2-1-3-9-18/h1-5,7-9,11-13,19,26H,6,10,14-17H2/b13-7+. The number of carbonyl (C=O) groups is 1. The van der Waals surface area contributed by atoms with Crippen molar-refractivity contribution in [1.82, 2.24) is 4.90 Å². The van der Waals surface area contributed by atoms with Crippen LogP contribution in [-0.2, 0) is 17.8 Å². The van der Waals surface area contributed by atoms with E-state index in [9.17, 15) is 4.79 Å². The van der Waals surface area contributed by atoms with Gasteiger partial charge < -0.3 is 19.2 Å². The number of amides is 1. The predicted molar refractivity (Wildman–Crippen MR) is 112 cm³/mol. The molecule has 1 saturated heterocycles. The van der Waals surface area contributed by atoms with E-state index in [0.717, 1.165) is 40.7 Å². The molecule has 2 heterocycles. The van der Waals surface area contributed by atoms with Gasteiger partial charge in [-0.2, -0.15) is 0 Å². The number of aliphatic hydroxyl groups excluding tert-OH is 1. The van der Waals surface area contributed by atoms with Crippen molar-refractivity contribution in [2.75, 3.05) is 13.2 Å². The van der Waals surface area contributed by atoms with E-state index < -0.39 is 0 Å². The fourth-order valence-electron chi connectivity index (χ4n) is 3.95. The molecule has 1 aliphatic rings. The molecule has 0 aliphatic carbocycles. The number of hydrogen-bond donors (Lipinski definition) is 1. The molecule has 0 spiro atoms. The highest BCUT2D eigenvalue weighted by Crippen LogP contribution is 2.31. The van der Waals surface area contributed by atoms with Crippen molar-refractivity contribution >= 4 is 23.1 Å². The van der Waals surface area contributed by atoms with Crippen LogP contribution in [0.4, 0.5) is 4.79 Å². The van der Waals surface area contributed by atoms with Crippen LogP contribution in [0.2, 0.25) is 0 Å². The molecule has 5 heteroatoms. The summed E-state index contributed by atoms with van der Waals surface area (Å²) in [5, 5.41) is 10.2. The Labute approximate surface area is 170 Å². The Hall–Kier alpha value is -3.05. The number of nitrogens with zero attached hydrogens (tertiary/aromatic N) is 1. The summed E-state index contributed by atoms with van der Waals surface area (Å²) in [4.78, 5) is 14.5. The maximum absolute atomic E-state index is 12.7. The molecule has 1 atom stereocenters. The molecule has 2 aromatic carbocycles. The Kier molecular flexibility index (Phi) is 5.96. The molecule has 1 unspecified atom stereocenters. The first-order valence-electron chi connectivity index (χ1n) is 10.0. The van der Waals surface area contributed by atoms with Gasteiger partial charge in [0.15, 0.2) is 0 Å². The van der Waals surface area contributed by atoms with E-state index in [0.29, 0.717) is 13.0 Å². The third-order valence-corrected chi connectivity index (χ3v) is 5.36. The Balaban J connectivity index is 1.51. The lowest BCUT2D eigenvalue weighted by Crippen LogP contribution is -2.37. The smallest absolute Gasteiger partial charge is 0.410 e. The number of ether oxygens (including phenoxy) is 1. The van der Waals surface area contributed by atoms with E-state index in [2.05, 4.69) is 0 Å². The van der Waals surface area contributed by atoms with Gasteiger partial charge in [-0.15, -0.1) is 0 Å². The monoisotopic (exact) mass is 391 g/mol. The summed E-state index contributed by atoms with van der Waals surface area (Å²) in [6, 6.07) is 17.7. The number of rotatable bonds is 6. The molecule has 3 aromatic rings. The highest BCUT2D eigenvalue weighted by atomic mass is 16.6. The van der Waals surface area contributed by atoms with Gasteiger partial charge in [0.2, 0.25) is 0 Å². The van der Waals surface area contributed by atoms with Gasteiger partial charge in [0.25, 0.3) is 0 Å². The van der Waals surface area contributed by atoms with E-state index >= 15 is 0 Å². The Morgan fingerprint density at radius 3 is 2.79 bits per heavy atom. The highest BCUT2D eigenvalue weighted by Gasteiger charge is 2.31. The number of aliphatic hydroxyl groups is 1. The number of hydrogen-bond acceptors (Lipinski definition) is 4. The summed E-state index contributed by atoms with van der Waals surface area (Å²) in [5.41, 5.74) is 2.86. The molecule has 0 radical (unpaired) electrons. The number of para-hydroxylation sites is 1. The highest BCUT2D eigenvalue weighted by molar-refractivity contribution is 5.84. The maximum Gasteiger partial charge on any atom is 0.410 e. The maximum atomic E-state index is 12.7. The molecule has 5 nitrogen and oxygen atoms in total. The lowest BCUT2D eigenvalue weighted by Gasteiger charge is -2.24.